The lowest BCUT2D eigenvalue weighted by Crippen LogP contribution is -2.21. The highest BCUT2D eigenvalue weighted by Crippen LogP contribution is 2.25. The predicted molar refractivity (Wildman–Crippen MR) is 92.1 cm³/mol. The molecule has 23 heavy (non-hydrogen) atoms. The zero-order valence-electron chi connectivity index (χ0n) is 13.8. The lowest BCUT2D eigenvalue weighted by atomic mass is 10.0. The molecule has 0 atom stereocenters. The number of aliphatic hydroxyl groups excluding tert-OH is 1. The standard InChI is InChI=1S/C18H22N4O/c1-13-8-17(15-10-19-22(3)12-15)20-18-9-14(4-5-16(13)18)11-21(2)6-7-23/h4-5,8-10,12,23H,6-7,11H2,1-3H3. The topological polar surface area (TPSA) is 54.2 Å². The first-order valence-corrected chi connectivity index (χ1v) is 7.75. The Morgan fingerprint density at radius 3 is 2.78 bits per heavy atom. The first-order valence-electron chi connectivity index (χ1n) is 7.75. The number of hydrogen-bond acceptors (Lipinski definition) is 4. The van der Waals surface area contributed by atoms with Crippen molar-refractivity contribution in [1.29, 1.82) is 0 Å². The van der Waals surface area contributed by atoms with Crippen LogP contribution < -0.4 is 0 Å². The molecule has 1 N–H and O–H groups in total. The Morgan fingerprint density at radius 1 is 1.26 bits per heavy atom. The molecule has 3 rings (SSSR count). The molecule has 0 amide bonds. The molecule has 1 aromatic carbocycles. The molecule has 0 aliphatic rings. The molecule has 0 radical (unpaired) electrons. The second-order valence-corrected chi connectivity index (χ2v) is 6.04. The van der Waals surface area contributed by atoms with Gasteiger partial charge in [-0.2, -0.15) is 5.10 Å². The van der Waals surface area contributed by atoms with E-state index in [0.29, 0.717) is 6.54 Å². The number of hydrogen-bond donors (Lipinski definition) is 1. The maximum absolute atomic E-state index is 9.03. The number of aliphatic hydroxyl groups is 1. The minimum atomic E-state index is 0.173. The van der Waals surface area contributed by atoms with Crippen LogP contribution in [0.2, 0.25) is 0 Å². The van der Waals surface area contributed by atoms with Gasteiger partial charge >= 0.3 is 0 Å². The molecule has 0 saturated heterocycles. The number of nitrogens with zero attached hydrogens (tertiary/aromatic N) is 4. The largest absolute Gasteiger partial charge is 0.395 e. The van der Waals surface area contributed by atoms with Crippen molar-refractivity contribution < 1.29 is 5.11 Å². The molecule has 5 nitrogen and oxygen atoms in total. The van der Waals surface area contributed by atoms with Crippen molar-refractivity contribution in [2.75, 3.05) is 20.2 Å². The average Bonchev–Trinajstić information content (AvgIpc) is 2.93. The second-order valence-electron chi connectivity index (χ2n) is 6.04. The van der Waals surface area contributed by atoms with E-state index < -0.39 is 0 Å². The lowest BCUT2D eigenvalue weighted by molar-refractivity contribution is 0.217. The van der Waals surface area contributed by atoms with Crippen LogP contribution in [0.3, 0.4) is 0 Å². The summed E-state index contributed by atoms with van der Waals surface area (Å²) < 4.78 is 1.79. The van der Waals surface area contributed by atoms with Gasteiger partial charge in [0.05, 0.1) is 24.0 Å². The van der Waals surface area contributed by atoms with Crippen LogP contribution in [0.4, 0.5) is 0 Å². The summed E-state index contributed by atoms with van der Waals surface area (Å²) in [5.41, 5.74) is 5.39. The van der Waals surface area contributed by atoms with Gasteiger partial charge in [-0.05, 0) is 37.2 Å². The number of aryl methyl sites for hydroxylation is 2. The van der Waals surface area contributed by atoms with E-state index in [9.17, 15) is 0 Å². The molecule has 0 unspecified atom stereocenters. The van der Waals surface area contributed by atoms with E-state index >= 15 is 0 Å². The van der Waals surface area contributed by atoms with Crippen LogP contribution in [-0.2, 0) is 13.6 Å². The van der Waals surface area contributed by atoms with Crippen molar-refractivity contribution >= 4 is 10.9 Å². The van der Waals surface area contributed by atoms with E-state index in [4.69, 9.17) is 10.1 Å². The van der Waals surface area contributed by atoms with Gasteiger partial charge < -0.3 is 5.11 Å². The normalized spacial score (nSPS) is 11.5. The van der Waals surface area contributed by atoms with Crippen LogP contribution in [0, 0.1) is 6.92 Å². The maximum Gasteiger partial charge on any atom is 0.0743 e. The third-order valence-corrected chi connectivity index (χ3v) is 4.02. The van der Waals surface area contributed by atoms with Crippen molar-refractivity contribution in [2.24, 2.45) is 7.05 Å². The fraction of sp³-hybridized carbons (Fsp3) is 0.333. The Bertz CT molecular complexity index is 825. The second kappa shape index (κ2) is 6.48. The van der Waals surface area contributed by atoms with Gasteiger partial charge in [0, 0.05) is 37.3 Å². The monoisotopic (exact) mass is 310 g/mol. The van der Waals surface area contributed by atoms with Crippen molar-refractivity contribution in [1.82, 2.24) is 19.7 Å². The van der Waals surface area contributed by atoms with E-state index in [-0.39, 0.29) is 6.61 Å². The van der Waals surface area contributed by atoms with Crippen molar-refractivity contribution in [3.63, 3.8) is 0 Å². The minimum Gasteiger partial charge on any atom is -0.395 e. The van der Waals surface area contributed by atoms with Crippen LogP contribution in [0.1, 0.15) is 11.1 Å². The molecule has 0 bridgehead atoms. The van der Waals surface area contributed by atoms with Gasteiger partial charge in [-0.15, -0.1) is 0 Å². The van der Waals surface area contributed by atoms with Gasteiger partial charge in [-0.1, -0.05) is 12.1 Å². The fourth-order valence-corrected chi connectivity index (χ4v) is 2.81. The molecule has 0 aliphatic carbocycles. The predicted octanol–water partition coefficient (Wildman–Crippen LogP) is 2.37. The first kappa shape index (κ1) is 15.6. The van der Waals surface area contributed by atoms with Gasteiger partial charge in [-0.25, -0.2) is 4.98 Å². The molecule has 120 valence electrons. The van der Waals surface area contributed by atoms with E-state index in [1.54, 1.807) is 4.68 Å². The van der Waals surface area contributed by atoms with Gasteiger partial charge in [0.25, 0.3) is 0 Å². The van der Waals surface area contributed by atoms with Crippen molar-refractivity contribution in [3.05, 3.63) is 47.8 Å². The zero-order valence-corrected chi connectivity index (χ0v) is 13.8. The highest BCUT2D eigenvalue weighted by Gasteiger charge is 2.08. The highest BCUT2D eigenvalue weighted by molar-refractivity contribution is 5.85. The Labute approximate surface area is 136 Å². The summed E-state index contributed by atoms with van der Waals surface area (Å²) in [6.07, 6.45) is 3.82. The summed E-state index contributed by atoms with van der Waals surface area (Å²) in [6, 6.07) is 8.51. The van der Waals surface area contributed by atoms with Gasteiger partial charge in [0.2, 0.25) is 0 Å². The third kappa shape index (κ3) is 3.41. The van der Waals surface area contributed by atoms with Crippen LogP contribution in [0.25, 0.3) is 22.2 Å². The Morgan fingerprint density at radius 2 is 2.09 bits per heavy atom. The van der Waals surface area contributed by atoms with Crippen LogP contribution in [-0.4, -0.2) is 45.0 Å². The summed E-state index contributed by atoms with van der Waals surface area (Å²) in [5.74, 6) is 0. The van der Waals surface area contributed by atoms with E-state index in [1.807, 2.05) is 26.5 Å². The number of likely N-dealkylation sites (N-methyl/N-ethyl adjacent to an activating group) is 1. The van der Waals surface area contributed by atoms with Gasteiger partial charge in [-0.3, -0.25) is 9.58 Å². The quantitative estimate of drug-likeness (QED) is 0.786. The minimum absolute atomic E-state index is 0.173. The number of pyridine rings is 1. The Balaban J connectivity index is 1.99. The fourth-order valence-electron chi connectivity index (χ4n) is 2.81. The number of rotatable bonds is 5. The third-order valence-electron chi connectivity index (χ3n) is 4.02. The molecule has 0 aliphatic heterocycles. The lowest BCUT2D eigenvalue weighted by Gasteiger charge is -2.15. The molecule has 0 spiro atoms. The molecule has 2 aromatic heterocycles. The van der Waals surface area contributed by atoms with E-state index in [2.05, 4.69) is 41.2 Å². The number of fused-ring (bicyclic) bond motifs is 1. The smallest absolute Gasteiger partial charge is 0.0743 e. The maximum atomic E-state index is 9.03. The van der Waals surface area contributed by atoms with Crippen molar-refractivity contribution in [3.8, 4) is 11.3 Å². The van der Waals surface area contributed by atoms with Crippen LogP contribution in [0.15, 0.2) is 36.7 Å². The van der Waals surface area contributed by atoms with E-state index in [1.165, 1.54) is 16.5 Å². The zero-order chi connectivity index (χ0) is 16.4. The van der Waals surface area contributed by atoms with Crippen molar-refractivity contribution in [2.45, 2.75) is 13.5 Å². The average molecular weight is 310 g/mol. The molecule has 0 fully saturated rings. The molecule has 0 saturated carbocycles. The highest BCUT2D eigenvalue weighted by atomic mass is 16.3. The first-order chi connectivity index (χ1) is 11.1. The van der Waals surface area contributed by atoms with Crippen LogP contribution >= 0.6 is 0 Å². The molecular formula is C18H22N4O. The summed E-state index contributed by atoms with van der Waals surface area (Å²) in [6.45, 7) is 3.75. The molecule has 3 aromatic rings. The Hall–Kier alpha value is -2.24. The van der Waals surface area contributed by atoms with E-state index in [0.717, 1.165) is 23.3 Å². The molecular weight excluding hydrogens is 288 g/mol. The number of aromatic nitrogens is 3. The summed E-state index contributed by atoms with van der Waals surface area (Å²) in [5, 5.41) is 14.4. The summed E-state index contributed by atoms with van der Waals surface area (Å²) >= 11 is 0. The molecule has 5 heteroatoms. The van der Waals surface area contributed by atoms with Gasteiger partial charge in [0.1, 0.15) is 0 Å². The summed E-state index contributed by atoms with van der Waals surface area (Å²) in [7, 11) is 3.91. The Kier molecular flexibility index (Phi) is 4.41. The van der Waals surface area contributed by atoms with Gasteiger partial charge in [0.15, 0.2) is 0 Å². The SMILES string of the molecule is Cc1cc(-c2cnn(C)c2)nc2cc(CN(C)CCO)ccc12. The summed E-state index contributed by atoms with van der Waals surface area (Å²) in [4.78, 5) is 6.91. The number of benzene rings is 1. The molecule has 2 heterocycles. The van der Waals surface area contributed by atoms with Crippen LogP contribution in [0.5, 0.6) is 0 Å².